The number of carbonyl (C=O) groups is 1. The van der Waals surface area contributed by atoms with Crippen LogP contribution in [0.2, 0.25) is 0 Å². The van der Waals surface area contributed by atoms with Crippen LogP contribution < -0.4 is 10.1 Å². The summed E-state index contributed by atoms with van der Waals surface area (Å²) < 4.78 is 11.9. The van der Waals surface area contributed by atoms with E-state index < -0.39 is 0 Å². The van der Waals surface area contributed by atoms with E-state index in [0.29, 0.717) is 17.4 Å². The molecule has 1 aliphatic carbocycles. The molecule has 1 unspecified atom stereocenters. The van der Waals surface area contributed by atoms with Gasteiger partial charge in [0.2, 0.25) is 0 Å². The van der Waals surface area contributed by atoms with Gasteiger partial charge < -0.3 is 14.5 Å². The SMILES string of the molecule is O=C(NCC1CC1)c1ccc(COc2ccc3c(c2)C(c2ccccc2)N(Cc2ccccc2)CC3)o1. The molecule has 0 saturated heterocycles. The molecule has 188 valence electrons. The van der Waals surface area contributed by atoms with Gasteiger partial charge in [0.05, 0.1) is 6.04 Å². The van der Waals surface area contributed by atoms with Gasteiger partial charge in [-0.1, -0.05) is 66.7 Å². The molecule has 3 aromatic carbocycles. The van der Waals surface area contributed by atoms with Crippen molar-refractivity contribution in [3.63, 3.8) is 0 Å². The summed E-state index contributed by atoms with van der Waals surface area (Å²) in [5.74, 6) is 2.26. The van der Waals surface area contributed by atoms with Gasteiger partial charge in [-0.15, -0.1) is 0 Å². The summed E-state index contributed by atoms with van der Waals surface area (Å²) >= 11 is 0. The molecular weight excluding hydrogens is 460 g/mol. The lowest BCUT2D eigenvalue weighted by molar-refractivity contribution is 0.0920. The first-order valence-corrected chi connectivity index (χ1v) is 13.2. The second-order valence-electron chi connectivity index (χ2n) is 10.1. The van der Waals surface area contributed by atoms with Crippen LogP contribution in [0.5, 0.6) is 5.75 Å². The molecule has 1 atom stereocenters. The number of furan rings is 1. The standard InChI is InChI=1S/C32H32N2O3/c35-32(33-20-23-11-12-23)30-16-15-28(37-30)22-36-27-14-13-25-17-18-34(21-24-7-3-1-4-8-24)31(29(25)19-27)26-9-5-2-6-10-26/h1-10,13-16,19,23,31H,11-12,17-18,20-22H2,(H,33,35). The lowest BCUT2D eigenvalue weighted by Crippen LogP contribution is -2.35. The van der Waals surface area contributed by atoms with Gasteiger partial charge in [0.15, 0.2) is 5.76 Å². The Morgan fingerprint density at radius 1 is 0.946 bits per heavy atom. The zero-order chi connectivity index (χ0) is 25.0. The number of carbonyl (C=O) groups excluding carboxylic acids is 1. The third-order valence-electron chi connectivity index (χ3n) is 7.30. The van der Waals surface area contributed by atoms with Gasteiger partial charge >= 0.3 is 0 Å². The molecule has 37 heavy (non-hydrogen) atoms. The van der Waals surface area contributed by atoms with Crippen LogP contribution in [0.15, 0.2) is 95.4 Å². The third kappa shape index (κ3) is 5.62. The van der Waals surface area contributed by atoms with Gasteiger partial charge in [-0.3, -0.25) is 9.69 Å². The van der Waals surface area contributed by atoms with Crippen LogP contribution in [0.3, 0.4) is 0 Å². The summed E-state index contributed by atoms with van der Waals surface area (Å²) in [4.78, 5) is 14.9. The highest BCUT2D eigenvalue weighted by atomic mass is 16.5. The molecule has 1 fully saturated rings. The Morgan fingerprint density at radius 2 is 1.73 bits per heavy atom. The molecule has 4 aromatic rings. The Bertz CT molecular complexity index is 1340. The predicted molar refractivity (Wildman–Crippen MR) is 143 cm³/mol. The molecule has 5 heteroatoms. The molecule has 1 saturated carbocycles. The van der Waals surface area contributed by atoms with Crippen molar-refractivity contribution in [3.8, 4) is 5.75 Å². The van der Waals surface area contributed by atoms with Gasteiger partial charge in [0, 0.05) is 19.6 Å². The normalized spacial score (nSPS) is 17.2. The average Bonchev–Trinajstić information content (AvgIpc) is 3.66. The molecule has 1 N–H and O–H groups in total. The van der Waals surface area contributed by atoms with E-state index in [1.165, 1.54) is 35.1 Å². The Hall–Kier alpha value is -3.83. The molecule has 1 aliphatic heterocycles. The largest absolute Gasteiger partial charge is 0.486 e. The second-order valence-corrected chi connectivity index (χ2v) is 10.1. The average molecular weight is 493 g/mol. The highest BCUT2D eigenvalue weighted by molar-refractivity contribution is 5.91. The van der Waals surface area contributed by atoms with Crippen molar-refractivity contribution in [3.05, 3.63) is 125 Å². The number of benzene rings is 3. The molecule has 0 spiro atoms. The maximum Gasteiger partial charge on any atom is 0.287 e. The molecule has 1 amide bonds. The summed E-state index contributed by atoms with van der Waals surface area (Å²) in [7, 11) is 0. The maximum atomic E-state index is 12.3. The van der Waals surface area contributed by atoms with Crippen LogP contribution in [0, 0.1) is 5.92 Å². The quantitative estimate of drug-likeness (QED) is 0.305. The fraction of sp³-hybridized carbons (Fsp3) is 0.281. The fourth-order valence-corrected chi connectivity index (χ4v) is 5.13. The van der Waals surface area contributed by atoms with Gasteiger partial charge in [0.1, 0.15) is 18.1 Å². The van der Waals surface area contributed by atoms with E-state index in [1.54, 1.807) is 6.07 Å². The summed E-state index contributed by atoms with van der Waals surface area (Å²) in [6.45, 7) is 2.89. The van der Waals surface area contributed by atoms with E-state index in [4.69, 9.17) is 9.15 Å². The number of hydrogen-bond donors (Lipinski definition) is 1. The van der Waals surface area contributed by atoms with Crippen molar-refractivity contribution in [1.82, 2.24) is 10.2 Å². The third-order valence-corrected chi connectivity index (χ3v) is 7.30. The summed E-state index contributed by atoms with van der Waals surface area (Å²) in [6.07, 6.45) is 3.41. The number of nitrogens with one attached hydrogen (secondary N) is 1. The topological polar surface area (TPSA) is 54.7 Å². The van der Waals surface area contributed by atoms with E-state index in [1.807, 2.05) is 12.1 Å². The maximum absolute atomic E-state index is 12.3. The van der Waals surface area contributed by atoms with Crippen LogP contribution in [0.25, 0.3) is 0 Å². The molecule has 2 heterocycles. The monoisotopic (exact) mass is 492 g/mol. The van der Waals surface area contributed by atoms with Crippen LogP contribution in [0.1, 0.15) is 57.5 Å². The zero-order valence-electron chi connectivity index (χ0n) is 20.9. The van der Waals surface area contributed by atoms with Crippen molar-refractivity contribution in [2.75, 3.05) is 13.1 Å². The van der Waals surface area contributed by atoms with E-state index in [9.17, 15) is 4.79 Å². The van der Waals surface area contributed by atoms with Crippen molar-refractivity contribution in [2.45, 2.75) is 38.5 Å². The minimum atomic E-state index is -0.156. The Balaban J connectivity index is 1.19. The minimum Gasteiger partial charge on any atom is -0.486 e. The Morgan fingerprint density at radius 3 is 2.51 bits per heavy atom. The molecule has 5 nitrogen and oxygen atoms in total. The van der Waals surface area contributed by atoms with Gasteiger partial charge in [-0.05, 0) is 71.7 Å². The van der Waals surface area contributed by atoms with Crippen molar-refractivity contribution >= 4 is 5.91 Å². The molecule has 1 aromatic heterocycles. The number of fused-ring (bicyclic) bond motifs is 1. The van der Waals surface area contributed by atoms with Crippen LogP contribution in [0.4, 0.5) is 0 Å². The van der Waals surface area contributed by atoms with Crippen LogP contribution in [-0.4, -0.2) is 23.9 Å². The number of ether oxygens (including phenoxy) is 1. The molecule has 2 aliphatic rings. The molecule has 6 rings (SSSR count). The number of amides is 1. The van der Waals surface area contributed by atoms with E-state index in [0.717, 1.165) is 31.8 Å². The Labute approximate surface area is 218 Å². The lowest BCUT2D eigenvalue weighted by atomic mass is 9.87. The summed E-state index contributed by atoms with van der Waals surface area (Å²) in [5, 5.41) is 2.95. The lowest BCUT2D eigenvalue weighted by Gasteiger charge is -2.38. The van der Waals surface area contributed by atoms with Gasteiger partial charge in [0.25, 0.3) is 5.91 Å². The highest BCUT2D eigenvalue weighted by Crippen LogP contribution is 2.38. The summed E-state index contributed by atoms with van der Waals surface area (Å²) in [5.41, 5.74) is 5.24. The smallest absolute Gasteiger partial charge is 0.287 e. The fourth-order valence-electron chi connectivity index (χ4n) is 5.13. The van der Waals surface area contributed by atoms with Crippen LogP contribution >= 0.6 is 0 Å². The first-order chi connectivity index (χ1) is 18.2. The van der Waals surface area contributed by atoms with E-state index in [2.05, 4.69) is 83.0 Å². The molecule has 0 bridgehead atoms. The molecular formula is C32H32N2O3. The first kappa shape index (κ1) is 23.6. The number of nitrogens with zero attached hydrogens (tertiary/aromatic N) is 1. The zero-order valence-corrected chi connectivity index (χ0v) is 20.9. The summed E-state index contributed by atoms with van der Waals surface area (Å²) in [6, 6.07) is 31.5. The first-order valence-electron chi connectivity index (χ1n) is 13.2. The van der Waals surface area contributed by atoms with Crippen molar-refractivity contribution < 1.29 is 13.9 Å². The second kappa shape index (κ2) is 10.7. The van der Waals surface area contributed by atoms with Crippen molar-refractivity contribution in [2.24, 2.45) is 5.92 Å². The predicted octanol–water partition coefficient (Wildman–Crippen LogP) is 6.15. The van der Waals surface area contributed by atoms with Gasteiger partial charge in [-0.2, -0.15) is 0 Å². The Kier molecular flexibility index (Phi) is 6.78. The van der Waals surface area contributed by atoms with Gasteiger partial charge in [-0.25, -0.2) is 0 Å². The molecule has 0 radical (unpaired) electrons. The number of rotatable bonds is 9. The van der Waals surface area contributed by atoms with Crippen LogP contribution in [-0.2, 0) is 19.6 Å². The van der Waals surface area contributed by atoms with E-state index >= 15 is 0 Å². The minimum absolute atomic E-state index is 0.152. The van der Waals surface area contributed by atoms with E-state index in [-0.39, 0.29) is 18.6 Å². The highest BCUT2D eigenvalue weighted by Gasteiger charge is 2.29. The number of hydrogen-bond acceptors (Lipinski definition) is 4. The van der Waals surface area contributed by atoms with Crippen molar-refractivity contribution in [1.29, 1.82) is 0 Å².